The number of likely N-dealkylation sites (N-methyl/N-ethyl adjacent to an activating group) is 1. The number of anilines is 4. The Morgan fingerprint density at radius 2 is 1.65 bits per heavy atom. The van der Waals surface area contributed by atoms with E-state index in [-0.39, 0.29) is 5.91 Å². The van der Waals surface area contributed by atoms with Crippen LogP contribution in [-0.2, 0) is 6.54 Å². The van der Waals surface area contributed by atoms with Crippen molar-refractivity contribution in [3.63, 3.8) is 0 Å². The van der Waals surface area contributed by atoms with E-state index >= 15 is 0 Å². The number of carbonyl (C=O) groups excluding carboxylic acids is 2. The molecule has 5 aromatic rings. The van der Waals surface area contributed by atoms with Crippen LogP contribution < -0.4 is 20.3 Å². The Morgan fingerprint density at radius 3 is 2.40 bits per heavy atom. The number of ether oxygens (including phenoxy) is 1. The van der Waals surface area contributed by atoms with Crippen LogP contribution in [0.1, 0.15) is 15.2 Å². The number of urea groups is 1. The van der Waals surface area contributed by atoms with Gasteiger partial charge < -0.3 is 20.3 Å². The van der Waals surface area contributed by atoms with Gasteiger partial charge in [0.1, 0.15) is 27.5 Å². The van der Waals surface area contributed by atoms with Crippen LogP contribution in [-0.4, -0.2) is 64.9 Å². The highest BCUT2D eigenvalue weighted by Crippen LogP contribution is 2.45. The second-order valence-electron chi connectivity index (χ2n) is 10.6. The lowest BCUT2D eigenvalue weighted by Crippen LogP contribution is -2.43. The van der Waals surface area contributed by atoms with Crippen LogP contribution in [0.25, 0.3) is 10.2 Å². The number of nitrogens with one attached hydrogen (secondary N) is 2. The highest BCUT2D eigenvalue weighted by Gasteiger charge is 2.34. The van der Waals surface area contributed by atoms with Gasteiger partial charge in [-0.25, -0.2) is 19.7 Å². The lowest BCUT2D eigenvalue weighted by molar-refractivity contribution is 0.103. The summed E-state index contributed by atoms with van der Waals surface area (Å²) in [4.78, 5) is 42.9. The van der Waals surface area contributed by atoms with E-state index in [0.29, 0.717) is 43.7 Å². The predicted molar refractivity (Wildman–Crippen MR) is 169 cm³/mol. The molecular weight excluding hydrogens is 562 g/mol. The number of piperazine rings is 1. The first kappa shape index (κ1) is 27.0. The van der Waals surface area contributed by atoms with Crippen molar-refractivity contribution in [2.75, 3.05) is 48.8 Å². The summed E-state index contributed by atoms with van der Waals surface area (Å²) in [7, 11) is 2.15. The van der Waals surface area contributed by atoms with Crippen molar-refractivity contribution in [3.05, 3.63) is 95.6 Å². The molecule has 43 heavy (non-hydrogen) atoms. The van der Waals surface area contributed by atoms with Crippen molar-refractivity contribution in [3.8, 4) is 11.5 Å². The van der Waals surface area contributed by atoms with Gasteiger partial charge in [0.25, 0.3) is 5.91 Å². The number of hydrogen-bond donors (Lipinski definition) is 2. The Bertz CT molecular complexity index is 1780. The Kier molecular flexibility index (Phi) is 7.19. The number of carbonyl (C=O) groups is 2. The molecular formula is C32H29N7O3S. The highest BCUT2D eigenvalue weighted by atomic mass is 32.1. The van der Waals surface area contributed by atoms with Crippen LogP contribution in [0.5, 0.6) is 11.5 Å². The minimum atomic E-state index is -0.412. The third-order valence-electron chi connectivity index (χ3n) is 7.61. The average molecular weight is 592 g/mol. The number of aromatic nitrogens is 2. The van der Waals surface area contributed by atoms with Gasteiger partial charge in [-0.1, -0.05) is 30.3 Å². The maximum Gasteiger partial charge on any atom is 0.332 e. The zero-order valence-electron chi connectivity index (χ0n) is 23.5. The summed E-state index contributed by atoms with van der Waals surface area (Å²) >= 11 is 1.22. The molecule has 2 N–H and O–H groups in total. The molecule has 0 radical (unpaired) electrons. The number of rotatable bonds is 7. The number of para-hydroxylation sites is 1. The van der Waals surface area contributed by atoms with Crippen LogP contribution in [0.15, 0.2) is 85.2 Å². The predicted octanol–water partition coefficient (Wildman–Crippen LogP) is 6.17. The molecule has 0 unspecified atom stereocenters. The van der Waals surface area contributed by atoms with Gasteiger partial charge in [0.05, 0.1) is 16.8 Å². The molecule has 0 saturated carbocycles. The molecule has 2 aromatic heterocycles. The van der Waals surface area contributed by atoms with Gasteiger partial charge in [0.2, 0.25) is 0 Å². The first-order valence-electron chi connectivity index (χ1n) is 14.0. The normalized spacial score (nSPS) is 15.4. The SMILES string of the molecule is CN1CCN(Cc2ccc(NC(=O)c3sc4ncnc5c4c3NC(=O)N5c3ccc(Oc4ccccc4)cc3)cc2)CC1. The molecule has 1 saturated heterocycles. The maximum absolute atomic E-state index is 13.4. The third kappa shape index (κ3) is 5.53. The van der Waals surface area contributed by atoms with E-state index in [1.807, 2.05) is 54.6 Å². The smallest absolute Gasteiger partial charge is 0.332 e. The first-order valence-corrected chi connectivity index (χ1v) is 14.9. The lowest BCUT2D eigenvalue weighted by Gasteiger charge is -2.32. The van der Waals surface area contributed by atoms with E-state index < -0.39 is 6.03 Å². The molecule has 4 heterocycles. The minimum absolute atomic E-state index is 0.313. The average Bonchev–Trinajstić information content (AvgIpc) is 3.40. The van der Waals surface area contributed by atoms with Crippen molar-refractivity contribution in [2.24, 2.45) is 0 Å². The Hall–Kier alpha value is -4.84. The Balaban J connectivity index is 1.10. The molecule has 0 bridgehead atoms. The van der Waals surface area contributed by atoms with Crippen LogP contribution in [0, 0.1) is 0 Å². The minimum Gasteiger partial charge on any atom is -0.457 e. The lowest BCUT2D eigenvalue weighted by atomic mass is 10.1. The van der Waals surface area contributed by atoms with E-state index in [1.165, 1.54) is 28.1 Å². The monoisotopic (exact) mass is 591 g/mol. The highest BCUT2D eigenvalue weighted by molar-refractivity contribution is 7.21. The van der Waals surface area contributed by atoms with E-state index in [4.69, 9.17) is 4.74 Å². The fourth-order valence-electron chi connectivity index (χ4n) is 5.30. The van der Waals surface area contributed by atoms with Crippen molar-refractivity contribution < 1.29 is 14.3 Å². The zero-order chi connectivity index (χ0) is 29.3. The molecule has 0 spiro atoms. The number of thiophene rings is 1. The van der Waals surface area contributed by atoms with E-state index in [1.54, 1.807) is 24.3 Å². The van der Waals surface area contributed by atoms with Gasteiger partial charge in [-0.15, -0.1) is 11.3 Å². The number of amides is 3. The standard InChI is InChI=1S/C32H29N7O3S/c1-37-15-17-38(18-16-37)19-21-7-9-22(10-8-21)35-30(40)28-27-26-29(33-20-34-31(26)43-28)39(32(41)36-27)23-11-13-25(14-12-23)42-24-5-3-2-4-6-24/h2-14,20H,15-19H2,1H3,(H,35,40)(H,36,41). The summed E-state index contributed by atoms with van der Waals surface area (Å²) in [5.41, 5.74) is 2.92. The largest absolute Gasteiger partial charge is 0.457 e. The Morgan fingerprint density at radius 1 is 0.930 bits per heavy atom. The maximum atomic E-state index is 13.4. The summed E-state index contributed by atoms with van der Waals surface area (Å²) in [5, 5.41) is 6.53. The zero-order valence-corrected chi connectivity index (χ0v) is 24.3. The fourth-order valence-corrected chi connectivity index (χ4v) is 6.29. The number of nitrogens with zero attached hydrogens (tertiary/aromatic N) is 5. The van der Waals surface area contributed by atoms with Crippen molar-refractivity contribution in [1.82, 2.24) is 19.8 Å². The molecule has 0 aliphatic carbocycles. The van der Waals surface area contributed by atoms with Gasteiger partial charge in [0, 0.05) is 38.4 Å². The van der Waals surface area contributed by atoms with Gasteiger partial charge in [-0.05, 0) is 61.1 Å². The second-order valence-corrected chi connectivity index (χ2v) is 11.6. The summed E-state index contributed by atoms with van der Waals surface area (Å²) in [5.74, 6) is 1.47. The molecule has 3 amide bonds. The van der Waals surface area contributed by atoms with Gasteiger partial charge in [-0.3, -0.25) is 9.69 Å². The van der Waals surface area contributed by atoms with Crippen molar-refractivity contribution >= 4 is 56.4 Å². The van der Waals surface area contributed by atoms with Crippen molar-refractivity contribution in [1.29, 1.82) is 0 Å². The number of benzene rings is 3. The van der Waals surface area contributed by atoms with Crippen molar-refractivity contribution in [2.45, 2.75) is 6.54 Å². The molecule has 2 aliphatic heterocycles. The van der Waals surface area contributed by atoms with Gasteiger partial charge >= 0.3 is 6.03 Å². The summed E-state index contributed by atoms with van der Waals surface area (Å²) in [6, 6.07) is 24.2. The second kappa shape index (κ2) is 11.4. The third-order valence-corrected chi connectivity index (χ3v) is 8.71. The van der Waals surface area contributed by atoms with E-state index in [0.717, 1.165) is 38.5 Å². The summed E-state index contributed by atoms with van der Waals surface area (Å²) < 4.78 is 5.89. The van der Waals surface area contributed by atoms with Crippen LogP contribution in [0.4, 0.5) is 27.7 Å². The van der Waals surface area contributed by atoms with Crippen LogP contribution in [0.3, 0.4) is 0 Å². The topological polar surface area (TPSA) is 103 Å². The molecule has 216 valence electrons. The van der Waals surface area contributed by atoms with Gasteiger partial charge in [0.15, 0.2) is 5.82 Å². The molecule has 0 atom stereocenters. The first-order chi connectivity index (χ1) is 21.0. The quantitative estimate of drug-likeness (QED) is 0.233. The van der Waals surface area contributed by atoms with Gasteiger partial charge in [-0.2, -0.15) is 0 Å². The fraction of sp³-hybridized carbons (Fsp3) is 0.188. The Labute approximate surface area is 252 Å². The molecule has 1 fully saturated rings. The van der Waals surface area contributed by atoms with Crippen LogP contribution in [0.2, 0.25) is 0 Å². The molecule has 7 rings (SSSR count). The molecule has 3 aromatic carbocycles. The number of hydrogen-bond acceptors (Lipinski definition) is 8. The molecule has 11 heteroatoms. The summed E-state index contributed by atoms with van der Waals surface area (Å²) in [6.45, 7) is 5.12. The summed E-state index contributed by atoms with van der Waals surface area (Å²) in [6.07, 6.45) is 1.41. The van der Waals surface area contributed by atoms with E-state index in [9.17, 15) is 9.59 Å². The van der Waals surface area contributed by atoms with Crippen LogP contribution >= 0.6 is 11.3 Å². The molecule has 10 nitrogen and oxygen atoms in total. The molecule has 2 aliphatic rings. The van der Waals surface area contributed by atoms with E-state index in [2.05, 4.69) is 37.4 Å².